The zero-order chi connectivity index (χ0) is 11.8. The van der Waals surface area contributed by atoms with Crippen molar-refractivity contribution < 1.29 is 0 Å². The molecular formula is C14H16N2S. The molecule has 0 radical (unpaired) electrons. The van der Waals surface area contributed by atoms with Gasteiger partial charge in [-0.2, -0.15) is 0 Å². The van der Waals surface area contributed by atoms with E-state index < -0.39 is 0 Å². The summed E-state index contributed by atoms with van der Waals surface area (Å²) in [5.41, 5.74) is 5.15. The van der Waals surface area contributed by atoms with Crippen LogP contribution in [0.1, 0.15) is 22.7 Å². The van der Waals surface area contributed by atoms with E-state index in [2.05, 4.69) is 42.7 Å². The number of hydrogen-bond donors (Lipinski definition) is 1. The van der Waals surface area contributed by atoms with Crippen molar-refractivity contribution in [3.8, 4) is 10.6 Å². The van der Waals surface area contributed by atoms with Crippen molar-refractivity contribution in [3.05, 3.63) is 40.4 Å². The van der Waals surface area contributed by atoms with Crippen LogP contribution in [-0.4, -0.2) is 18.1 Å². The standard InChI is InChI=1S/C14H16N2S/c1-9-3-4-10(2)12(5-9)14-16-13(8-17-14)11-6-15-7-11/h3-5,8,11,15H,6-7H2,1-2H3. The second-order valence-corrected chi connectivity index (χ2v) is 5.61. The number of aromatic nitrogens is 1. The molecule has 88 valence electrons. The van der Waals surface area contributed by atoms with E-state index in [0.717, 1.165) is 18.1 Å². The van der Waals surface area contributed by atoms with Gasteiger partial charge in [0, 0.05) is 30.0 Å². The molecule has 0 bridgehead atoms. The lowest BCUT2D eigenvalue weighted by Crippen LogP contribution is -2.40. The van der Waals surface area contributed by atoms with Gasteiger partial charge in [-0.3, -0.25) is 0 Å². The van der Waals surface area contributed by atoms with Gasteiger partial charge >= 0.3 is 0 Å². The number of benzene rings is 1. The van der Waals surface area contributed by atoms with Crippen molar-refractivity contribution in [3.63, 3.8) is 0 Å². The predicted octanol–water partition coefficient (Wildman–Crippen LogP) is 3.11. The van der Waals surface area contributed by atoms with Crippen LogP contribution in [0, 0.1) is 13.8 Å². The van der Waals surface area contributed by atoms with Crippen molar-refractivity contribution in [2.75, 3.05) is 13.1 Å². The maximum absolute atomic E-state index is 4.78. The van der Waals surface area contributed by atoms with Gasteiger partial charge in [0.15, 0.2) is 0 Å². The molecule has 1 saturated heterocycles. The fourth-order valence-electron chi connectivity index (χ4n) is 2.06. The third kappa shape index (κ3) is 2.01. The zero-order valence-electron chi connectivity index (χ0n) is 10.2. The summed E-state index contributed by atoms with van der Waals surface area (Å²) < 4.78 is 0. The van der Waals surface area contributed by atoms with Crippen molar-refractivity contribution in [2.45, 2.75) is 19.8 Å². The van der Waals surface area contributed by atoms with Gasteiger partial charge < -0.3 is 5.32 Å². The first-order chi connectivity index (χ1) is 8.24. The molecule has 17 heavy (non-hydrogen) atoms. The summed E-state index contributed by atoms with van der Waals surface area (Å²) in [6, 6.07) is 6.57. The van der Waals surface area contributed by atoms with Crippen LogP contribution in [0.25, 0.3) is 10.6 Å². The second-order valence-electron chi connectivity index (χ2n) is 4.75. The Balaban J connectivity index is 1.97. The molecule has 0 saturated carbocycles. The predicted molar refractivity (Wildman–Crippen MR) is 72.6 cm³/mol. The topological polar surface area (TPSA) is 24.9 Å². The quantitative estimate of drug-likeness (QED) is 0.878. The van der Waals surface area contributed by atoms with Crippen molar-refractivity contribution in [1.29, 1.82) is 0 Å². The highest BCUT2D eigenvalue weighted by Gasteiger charge is 2.21. The fourth-order valence-corrected chi connectivity index (χ4v) is 3.04. The van der Waals surface area contributed by atoms with E-state index in [4.69, 9.17) is 4.98 Å². The lowest BCUT2D eigenvalue weighted by atomic mass is 10.0. The van der Waals surface area contributed by atoms with E-state index in [0.29, 0.717) is 5.92 Å². The van der Waals surface area contributed by atoms with E-state index in [1.807, 2.05) is 0 Å². The number of hydrogen-bond acceptors (Lipinski definition) is 3. The van der Waals surface area contributed by atoms with Crippen molar-refractivity contribution >= 4 is 11.3 Å². The molecule has 1 N–H and O–H groups in total. The van der Waals surface area contributed by atoms with Gasteiger partial charge in [0.25, 0.3) is 0 Å². The van der Waals surface area contributed by atoms with Gasteiger partial charge in [-0.15, -0.1) is 11.3 Å². The molecule has 2 aromatic rings. The number of nitrogens with one attached hydrogen (secondary N) is 1. The minimum atomic E-state index is 0.630. The van der Waals surface area contributed by atoms with Crippen molar-refractivity contribution in [2.24, 2.45) is 0 Å². The minimum absolute atomic E-state index is 0.630. The third-order valence-electron chi connectivity index (χ3n) is 3.35. The molecule has 1 aliphatic heterocycles. The van der Waals surface area contributed by atoms with E-state index in [-0.39, 0.29) is 0 Å². The van der Waals surface area contributed by atoms with Crippen LogP contribution in [0.2, 0.25) is 0 Å². The normalized spacial score (nSPS) is 15.9. The first-order valence-electron chi connectivity index (χ1n) is 5.98. The van der Waals surface area contributed by atoms with Crippen LogP contribution < -0.4 is 5.32 Å². The largest absolute Gasteiger partial charge is 0.315 e. The first-order valence-corrected chi connectivity index (χ1v) is 6.86. The van der Waals surface area contributed by atoms with E-state index in [9.17, 15) is 0 Å². The summed E-state index contributed by atoms with van der Waals surface area (Å²) in [4.78, 5) is 4.78. The van der Waals surface area contributed by atoms with Gasteiger partial charge in [-0.1, -0.05) is 17.7 Å². The Morgan fingerprint density at radius 2 is 2.12 bits per heavy atom. The van der Waals surface area contributed by atoms with Gasteiger partial charge in [-0.25, -0.2) is 4.98 Å². The van der Waals surface area contributed by atoms with Crippen LogP contribution in [0.3, 0.4) is 0 Å². The maximum Gasteiger partial charge on any atom is 0.123 e. The molecular weight excluding hydrogens is 228 g/mol. The highest BCUT2D eigenvalue weighted by atomic mass is 32.1. The Hall–Kier alpha value is -1.19. The Bertz CT molecular complexity index is 541. The van der Waals surface area contributed by atoms with E-state index in [1.165, 1.54) is 22.4 Å². The molecule has 0 amide bonds. The summed E-state index contributed by atoms with van der Waals surface area (Å²) in [5, 5.41) is 6.67. The molecule has 0 spiro atoms. The minimum Gasteiger partial charge on any atom is -0.315 e. The molecule has 0 unspecified atom stereocenters. The van der Waals surface area contributed by atoms with Crippen LogP contribution in [-0.2, 0) is 0 Å². The highest BCUT2D eigenvalue weighted by Crippen LogP contribution is 2.30. The third-order valence-corrected chi connectivity index (χ3v) is 4.24. The molecule has 2 nitrogen and oxygen atoms in total. The summed E-state index contributed by atoms with van der Waals surface area (Å²) in [6.07, 6.45) is 0. The van der Waals surface area contributed by atoms with Crippen LogP contribution in [0.4, 0.5) is 0 Å². The summed E-state index contributed by atoms with van der Waals surface area (Å²) in [5.74, 6) is 0.630. The van der Waals surface area contributed by atoms with E-state index in [1.54, 1.807) is 11.3 Å². The van der Waals surface area contributed by atoms with Crippen LogP contribution in [0.15, 0.2) is 23.6 Å². The number of nitrogens with zero attached hydrogens (tertiary/aromatic N) is 1. The molecule has 1 fully saturated rings. The highest BCUT2D eigenvalue weighted by molar-refractivity contribution is 7.13. The monoisotopic (exact) mass is 244 g/mol. The fraction of sp³-hybridized carbons (Fsp3) is 0.357. The molecule has 1 aromatic carbocycles. The SMILES string of the molecule is Cc1ccc(C)c(-c2nc(C3CNC3)cs2)c1. The van der Waals surface area contributed by atoms with Gasteiger partial charge in [0.1, 0.15) is 5.01 Å². The first kappa shape index (κ1) is 10.9. The second kappa shape index (κ2) is 4.24. The van der Waals surface area contributed by atoms with Crippen molar-refractivity contribution in [1.82, 2.24) is 10.3 Å². The van der Waals surface area contributed by atoms with E-state index >= 15 is 0 Å². The summed E-state index contributed by atoms with van der Waals surface area (Å²) in [7, 11) is 0. The average Bonchev–Trinajstić information content (AvgIpc) is 2.68. The average molecular weight is 244 g/mol. The Kier molecular flexibility index (Phi) is 2.73. The summed E-state index contributed by atoms with van der Waals surface area (Å²) >= 11 is 1.76. The molecule has 3 rings (SSSR count). The molecule has 1 aliphatic rings. The smallest absolute Gasteiger partial charge is 0.123 e. The Morgan fingerprint density at radius 3 is 2.82 bits per heavy atom. The molecule has 3 heteroatoms. The maximum atomic E-state index is 4.78. The van der Waals surface area contributed by atoms with Gasteiger partial charge in [-0.05, 0) is 25.5 Å². The number of aryl methyl sites for hydroxylation is 2. The summed E-state index contributed by atoms with van der Waals surface area (Å²) in [6.45, 7) is 6.44. The lowest BCUT2D eigenvalue weighted by Gasteiger charge is -2.25. The molecule has 0 atom stereocenters. The van der Waals surface area contributed by atoms with Gasteiger partial charge in [0.2, 0.25) is 0 Å². The zero-order valence-corrected chi connectivity index (χ0v) is 11.0. The molecule has 2 heterocycles. The lowest BCUT2D eigenvalue weighted by molar-refractivity contribution is 0.441. The molecule has 0 aliphatic carbocycles. The van der Waals surface area contributed by atoms with Crippen LogP contribution in [0.5, 0.6) is 0 Å². The number of rotatable bonds is 2. The molecule has 1 aromatic heterocycles. The van der Waals surface area contributed by atoms with Crippen LogP contribution >= 0.6 is 11.3 Å². The Labute approximate surface area is 106 Å². The number of thiazole rings is 1. The Morgan fingerprint density at radius 1 is 1.29 bits per heavy atom. The van der Waals surface area contributed by atoms with Gasteiger partial charge in [0.05, 0.1) is 5.69 Å².